The van der Waals surface area contributed by atoms with Crippen LogP contribution in [0.25, 0.3) is 0 Å². The summed E-state index contributed by atoms with van der Waals surface area (Å²) >= 11 is 0. The Bertz CT molecular complexity index is 788. The first-order valence-electron chi connectivity index (χ1n) is 10.00. The summed E-state index contributed by atoms with van der Waals surface area (Å²) in [6.07, 6.45) is 3.40. The Balaban J connectivity index is 1.55. The summed E-state index contributed by atoms with van der Waals surface area (Å²) < 4.78 is 5.32. The van der Waals surface area contributed by atoms with Crippen LogP contribution in [0.5, 0.6) is 0 Å². The molecule has 2 heterocycles. The number of amides is 2. The number of carbonyl (C=O) groups excluding carboxylic acids is 2. The Kier molecular flexibility index (Phi) is 6.79. The second-order valence-corrected chi connectivity index (χ2v) is 7.60. The highest BCUT2D eigenvalue weighted by molar-refractivity contribution is 5.94. The number of carbonyl (C=O) groups is 2. The second kappa shape index (κ2) is 9.48. The number of aryl methyl sites for hydroxylation is 1. The zero-order chi connectivity index (χ0) is 19.9. The van der Waals surface area contributed by atoms with E-state index in [0.717, 1.165) is 19.3 Å². The van der Waals surface area contributed by atoms with Gasteiger partial charge < -0.3 is 14.7 Å². The molecule has 1 fully saturated rings. The summed E-state index contributed by atoms with van der Waals surface area (Å²) in [5.41, 5.74) is 0.663. The number of aromatic nitrogens is 2. The molecule has 1 unspecified atom stereocenters. The summed E-state index contributed by atoms with van der Waals surface area (Å²) in [6.45, 7) is 5.62. The number of rotatable bonds is 8. The fraction of sp³-hybridized carbons (Fsp3) is 0.524. The van der Waals surface area contributed by atoms with Crippen molar-refractivity contribution in [3.05, 3.63) is 47.6 Å². The third-order valence-corrected chi connectivity index (χ3v) is 4.93. The minimum atomic E-state index is -0.176. The fourth-order valence-corrected chi connectivity index (χ4v) is 3.34. The predicted octanol–water partition coefficient (Wildman–Crippen LogP) is 3.14. The normalized spacial score (nSPS) is 16.5. The lowest BCUT2D eigenvalue weighted by atomic mass is 10.1. The summed E-state index contributed by atoms with van der Waals surface area (Å²) in [7, 11) is 0. The molecule has 7 heteroatoms. The molecule has 0 bridgehead atoms. The van der Waals surface area contributed by atoms with Gasteiger partial charge in [-0.05, 0) is 37.3 Å². The molecular weight excluding hydrogens is 356 g/mol. The van der Waals surface area contributed by atoms with Gasteiger partial charge in [-0.3, -0.25) is 9.59 Å². The van der Waals surface area contributed by atoms with Crippen LogP contribution in [0.3, 0.4) is 0 Å². The van der Waals surface area contributed by atoms with E-state index < -0.39 is 0 Å². The van der Waals surface area contributed by atoms with Gasteiger partial charge in [-0.1, -0.05) is 37.2 Å². The Labute approximate surface area is 165 Å². The molecule has 0 spiro atoms. The Morgan fingerprint density at radius 3 is 2.82 bits per heavy atom. The topological polar surface area (TPSA) is 88.3 Å². The van der Waals surface area contributed by atoms with Crippen molar-refractivity contribution in [3.8, 4) is 0 Å². The molecule has 1 N–H and O–H groups in total. The van der Waals surface area contributed by atoms with Crippen LogP contribution in [0.1, 0.15) is 67.6 Å². The van der Waals surface area contributed by atoms with E-state index in [1.807, 2.05) is 35.2 Å². The van der Waals surface area contributed by atoms with Crippen molar-refractivity contribution in [3.63, 3.8) is 0 Å². The smallest absolute Gasteiger partial charge is 0.254 e. The highest BCUT2D eigenvalue weighted by atomic mass is 16.5. The molecule has 1 aromatic carbocycles. The highest BCUT2D eigenvalue weighted by Crippen LogP contribution is 2.31. The maximum Gasteiger partial charge on any atom is 0.254 e. The van der Waals surface area contributed by atoms with E-state index in [4.69, 9.17) is 4.52 Å². The van der Waals surface area contributed by atoms with E-state index in [9.17, 15) is 9.59 Å². The standard InChI is InChI=1S/C21H28N4O3/c1-15(2)12-13-22-18(26)10-11-19-23-20(24-28-19)17-9-6-14-25(17)21(27)16-7-4-3-5-8-16/h3-5,7-8,15,17H,6,9-14H2,1-2H3,(H,22,26). The van der Waals surface area contributed by atoms with Crippen LogP contribution in [0.4, 0.5) is 0 Å². The number of nitrogens with zero attached hydrogens (tertiary/aromatic N) is 3. The summed E-state index contributed by atoms with van der Waals surface area (Å²) in [5, 5.41) is 6.98. The van der Waals surface area contributed by atoms with Gasteiger partial charge in [0, 0.05) is 31.5 Å². The molecule has 1 aliphatic heterocycles. The molecule has 150 valence electrons. The molecule has 3 rings (SSSR count). The van der Waals surface area contributed by atoms with E-state index in [0.29, 0.717) is 49.1 Å². The minimum absolute atomic E-state index is 0.0119. The maximum absolute atomic E-state index is 12.8. The van der Waals surface area contributed by atoms with Gasteiger partial charge in [-0.25, -0.2) is 0 Å². The third-order valence-electron chi connectivity index (χ3n) is 4.93. The van der Waals surface area contributed by atoms with Crippen molar-refractivity contribution in [2.45, 2.75) is 52.0 Å². The molecule has 0 radical (unpaired) electrons. The lowest BCUT2D eigenvalue weighted by molar-refractivity contribution is -0.121. The zero-order valence-corrected chi connectivity index (χ0v) is 16.6. The lowest BCUT2D eigenvalue weighted by Crippen LogP contribution is -2.31. The highest BCUT2D eigenvalue weighted by Gasteiger charge is 2.33. The third kappa shape index (κ3) is 5.18. The van der Waals surface area contributed by atoms with Crippen LogP contribution < -0.4 is 5.32 Å². The molecular formula is C21H28N4O3. The van der Waals surface area contributed by atoms with Crippen LogP contribution in [0.2, 0.25) is 0 Å². The number of benzene rings is 1. The predicted molar refractivity (Wildman–Crippen MR) is 105 cm³/mol. The van der Waals surface area contributed by atoms with Gasteiger partial charge in [-0.15, -0.1) is 0 Å². The van der Waals surface area contributed by atoms with Gasteiger partial charge >= 0.3 is 0 Å². The molecule has 1 atom stereocenters. The second-order valence-electron chi connectivity index (χ2n) is 7.60. The summed E-state index contributed by atoms with van der Waals surface area (Å²) in [5.74, 6) is 1.50. The van der Waals surface area contributed by atoms with Gasteiger partial charge in [0.25, 0.3) is 5.91 Å². The largest absolute Gasteiger partial charge is 0.356 e. The number of nitrogens with one attached hydrogen (secondary N) is 1. The molecule has 1 aromatic heterocycles. The summed E-state index contributed by atoms with van der Waals surface area (Å²) in [6, 6.07) is 9.07. The monoisotopic (exact) mass is 384 g/mol. The van der Waals surface area contributed by atoms with E-state index in [2.05, 4.69) is 29.3 Å². The zero-order valence-electron chi connectivity index (χ0n) is 16.6. The molecule has 7 nitrogen and oxygen atoms in total. The first-order valence-corrected chi connectivity index (χ1v) is 10.00. The average Bonchev–Trinajstić information content (AvgIpc) is 3.35. The quantitative estimate of drug-likeness (QED) is 0.755. The molecule has 2 aromatic rings. The van der Waals surface area contributed by atoms with E-state index in [1.54, 1.807) is 0 Å². The van der Waals surface area contributed by atoms with Crippen LogP contribution in [0.15, 0.2) is 34.9 Å². The molecule has 1 saturated heterocycles. The Morgan fingerprint density at radius 1 is 1.29 bits per heavy atom. The van der Waals surface area contributed by atoms with Gasteiger partial charge in [-0.2, -0.15) is 4.98 Å². The summed E-state index contributed by atoms with van der Waals surface area (Å²) in [4.78, 5) is 30.9. The van der Waals surface area contributed by atoms with Crippen molar-refractivity contribution in [2.24, 2.45) is 5.92 Å². The van der Waals surface area contributed by atoms with Crippen LogP contribution in [0, 0.1) is 5.92 Å². The van der Waals surface area contributed by atoms with Crippen molar-refractivity contribution in [1.29, 1.82) is 0 Å². The van der Waals surface area contributed by atoms with Crippen LogP contribution >= 0.6 is 0 Å². The van der Waals surface area contributed by atoms with Crippen molar-refractivity contribution < 1.29 is 14.1 Å². The fourth-order valence-electron chi connectivity index (χ4n) is 3.34. The van der Waals surface area contributed by atoms with Gasteiger partial charge in [0.15, 0.2) is 5.82 Å². The maximum atomic E-state index is 12.8. The van der Waals surface area contributed by atoms with Crippen molar-refractivity contribution >= 4 is 11.8 Å². The average molecular weight is 384 g/mol. The van der Waals surface area contributed by atoms with Crippen molar-refractivity contribution in [1.82, 2.24) is 20.4 Å². The molecule has 2 amide bonds. The first-order chi connectivity index (χ1) is 13.5. The van der Waals surface area contributed by atoms with Gasteiger partial charge in [0.1, 0.15) is 0 Å². The van der Waals surface area contributed by atoms with Crippen molar-refractivity contribution in [2.75, 3.05) is 13.1 Å². The SMILES string of the molecule is CC(C)CCNC(=O)CCc1nc(C2CCCN2C(=O)c2ccccc2)no1. The minimum Gasteiger partial charge on any atom is -0.356 e. The first kappa shape index (κ1) is 20.0. The molecule has 0 saturated carbocycles. The Morgan fingerprint density at radius 2 is 2.07 bits per heavy atom. The molecule has 0 aliphatic carbocycles. The lowest BCUT2D eigenvalue weighted by Gasteiger charge is -2.22. The van der Waals surface area contributed by atoms with Crippen LogP contribution in [-0.4, -0.2) is 39.9 Å². The number of hydrogen-bond donors (Lipinski definition) is 1. The van der Waals surface area contributed by atoms with E-state index in [-0.39, 0.29) is 17.9 Å². The van der Waals surface area contributed by atoms with E-state index >= 15 is 0 Å². The van der Waals surface area contributed by atoms with Crippen LogP contribution in [-0.2, 0) is 11.2 Å². The van der Waals surface area contributed by atoms with Gasteiger partial charge in [0.2, 0.25) is 11.8 Å². The van der Waals surface area contributed by atoms with Gasteiger partial charge in [0.05, 0.1) is 6.04 Å². The Hall–Kier alpha value is -2.70. The number of hydrogen-bond acceptors (Lipinski definition) is 5. The molecule has 1 aliphatic rings. The molecule has 28 heavy (non-hydrogen) atoms. The van der Waals surface area contributed by atoms with E-state index in [1.165, 1.54) is 0 Å². The number of likely N-dealkylation sites (tertiary alicyclic amines) is 1.